The smallest absolute Gasteiger partial charge is 0.411 e. The van der Waals surface area contributed by atoms with Crippen molar-refractivity contribution in [1.29, 1.82) is 0 Å². The number of rotatable bonds is 6. The van der Waals surface area contributed by atoms with Crippen molar-refractivity contribution >= 4 is 40.0 Å². The number of carbonyl (C=O) groups excluding carboxylic acids is 2. The molecule has 0 spiro atoms. The van der Waals surface area contributed by atoms with E-state index in [9.17, 15) is 14.7 Å². The van der Waals surface area contributed by atoms with Crippen LogP contribution in [0.2, 0.25) is 0 Å². The number of hydrogen-bond donors (Lipinski definition) is 4. The Hall–Kier alpha value is -4.90. The summed E-state index contributed by atoms with van der Waals surface area (Å²) < 4.78 is 26.8. The number of nitrogens with one attached hydrogen (secondary N) is 2. The lowest BCUT2D eigenvalue weighted by molar-refractivity contribution is -0.131. The van der Waals surface area contributed by atoms with Crippen LogP contribution < -0.4 is 21.1 Å². The van der Waals surface area contributed by atoms with Crippen LogP contribution in [0.1, 0.15) is 54.0 Å². The topological polar surface area (TPSA) is 139 Å². The van der Waals surface area contributed by atoms with E-state index >= 15 is 4.39 Å². The van der Waals surface area contributed by atoms with Crippen molar-refractivity contribution in [1.82, 2.24) is 9.88 Å². The third kappa shape index (κ3) is 6.69. The predicted molar refractivity (Wildman–Crippen MR) is 174 cm³/mol. The molecular formula is C35H38FN5O5. The number of anilines is 3. The van der Waals surface area contributed by atoms with Crippen LogP contribution in [-0.4, -0.2) is 53.4 Å². The molecule has 0 unspecified atom stereocenters. The maximum atomic E-state index is 15.5. The fourth-order valence-electron chi connectivity index (χ4n) is 5.96. The predicted octanol–water partition coefficient (Wildman–Crippen LogP) is 5.89. The summed E-state index contributed by atoms with van der Waals surface area (Å²) in [6, 6.07) is 15.2. The van der Waals surface area contributed by atoms with Crippen LogP contribution in [0, 0.1) is 18.7 Å². The van der Waals surface area contributed by atoms with Gasteiger partial charge < -0.3 is 30.5 Å². The number of halogens is 1. The van der Waals surface area contributed by atoms with Gasteiger partial charge in [-0.15, -0.1) is 0 Å². The molecule has 5 N–H and O–H groups in total. The van der Waals surface area contributed by atoms with Crippen molar-refractivity contribution < 1.29 is 28.6 Å². The van der Waals surface area contributed by atoms with Gasteiger partial charge in [0.05, 0.1) is 12.7 Å². The normalized spacial score (nSPS) is 19.5. The van der Waals surface area contributed by atoms with E-state index in [1.165, 1.54) is 4.90 Å². The standard InChI is InChI=1S/C35H38FN5O5/c1-19-12-23-6-8-27(19)20(2)17-46-35(44)40-26-14-24(32(29(36)15-26)45-18-30(42)21-4-5-21)16-41(3)34(43)31(23)39-25-7-9-28-22(13-25)10-11-38-33(28)37/h6-15,20-21,30-31,39,42H,4-5,16-18H2,1-3H3,(H2,37,38)(H,40,44)/t20-,30+,31+/m0/s1. The molecule has 4 aromatic rings. The molecular weight excluding hydrogens is 589 g/mol. The van der Waals surface area contributed by atoms with Gasteiger partial charge in [0.1, 0.15) is 18.5 Å². The van der Waals surface area contributed by atoms with Gasteiger partial charge in [0, 0.05) is 54.1 Å². The summed E-state index contributed by atoms with van der Waals surface area (Å²) in [5.41, 5.74) is 9.90. The summed E-state index contributed by atoms with van der Waals surface area (Å²) in [4.78, 5) is 32.6. The highest BCUT2D eigenvalue weighted by Gasteiger charge is 2.31. The van der Waals surface area contributed by atoms with E-state index in [0.717, 1.165) is 46.4 Å². The highest BCUT2D eigenvalue weighted by molar-refractivity contribution is 5.94. The minimum absolute atomic E-state index is 0.0403. The molecule has 2 amide bonds. The largest absolute Gasteiger partial charge is 0.487 e. The van der Waals surface area contributed by atoms with Gasteiger partial charge in [-0.05, 0) is 78.1 Å². The average molecular weight is 628 g/mol. The molecule has 0 saturated heterocycles. The molecule has 0 radical (unpaired) electrons. The van der Waals surface area contributed by atoms with Gasteiger partial charge in [0.15, 0.2) is 11.6 Å². The summed E-state index contributed by atoms with van der Waals surface area (Å²) in [6.45, 7) is 3.88. The third-order valence-electron chi connectivity index (χ3n) is 8.69. The number of fused-ring (bicyclic) bond motifs is 10. The SMILES string of the molecule is Cc1cc2ccc1[C@@H](C)COC(=O)Nc1cc(F)c(OC[C@@H](O)C3CC3)c(c1)CN(C)C(=O)[C@@H]2Nc1ccc2c(N)nccc2c1. The van der Waals surface area contributed by atoms with E-state index in [0.29, 0.717) is 17.1 Å². The molecule has 3 aliphatic rings. The van der Waals surface area contributed by atoms with Gasteiger partial charge in [-0.25, -0.2) is 14.2 Å². The van der Waals surface area contributed by atoms with E-state index < -0.39 is 24.1 Å². The van der Waals surface area contributed by atoms with Gasteiger partial charge in [0.25, 0.3) is 0 Å². The Labute approximate surface area is 266 Å². The quantitative estimate of drug-likeness (QED) is 0.208. The first-order valence-corrected chi connectivity index (χ1v) is 15.4. The lowest BCUT2D eigenvalue weighted by Crippen LogP contribution is -2.35. The maximum absolute atomic E-state index is 15.5. The van der Waals surface area contributed by atoms with Gasteiger partial charge in [-0.2, -0.15) is 0 Å². The van der Waals surface area contributed by atoms with Crippen molar-refractivity contribution in [2.24, 2.45) is 5.92 Å². The number of aliphatic hydroxyl groups is 1. The Kier molecular flexibility index (Phi) is 8.68. The lowest BCUT2D eigenvalue weighted by Gasteiger charge is -2.28. The van der Waals surface area contributed by atoms with E-state index in [4.69, 9.17) is 15.2 Å². The molecule has 46 heavy (non-hydrogen) atoms. The molecule has 11 heteroatoms. The van der Waals surface area contributed by atoms with E-state index in [2.05, 4.69) is 15.6 Å². The van der Waals surface area contributed by atoms with Gasteiger partial charge in [0.2, 0.25) is 5.91 Å². The van der Waals surface area contributed by atoms with Gasteiger partial charge in [-0.1, -0.05) is 25.1 Å². The first-order valence-electron chi connectivity index (χ1n) is 15.4. The molecule has 7 rings (SSSR count). The maximum Gasteiger partial charge on any atom is 0.411 e. The third-order valence-corrected chi connectivity index (χ3v) is 8.69. The Morgan fingerprint density at radius 2 is 1.98 bits per heavy atom. The summed E-state index contributed by atoms with van der Waals surface area (Å²) in [5, 5.41) is 18.1. The number of pyridine rings is 1. The van der Waals surface area contributed by atoms with Crippen molar-refractivity contribution in [3.05, 3.63) is 88.9 Å². The fourth-order valence-corrected chi connectivity index (χ4v) is 5.96. The number of likely N-dealkylation sites (N-methyl/N-ethyl adjacent to an activating group) is 1. The van der Waals surface area contributed by atoms with Crippen LogP contribution in [0.4, 0.5) is 26.4 Å². The average Bonchev–Trinajstić information content (AvgIpc) is 3.87. The highest BCUT2D eigenvalue weighted by atomic mass is 19.1. The summed E-state index contributed by atoms with van der Waals surface area (Å²) >= 11 is 0. The number of nitrogens with two attached hydrogens (primary N) is 1. The molecule has 1 saturated carbocycles. The summed E-state index contributed by atoms with van der Waals surface area (Å²) in [6.07, 6.45) is 1.99. The number of aryl methyl sites for hydroxylation is 1. The number of ether oxygens (including phenoxy) is 2. The number of carbonyl (C=O) groups is 2. The molecule has 4 bridgehead atoms. The van der Waals surface area contributed by atoms with Crippen LogP contribution in [-0.2, 0) is 16.1 Å². The second-order valence-electron chi connectivity index (χ2n) is 12.3. The van der Waals surface area contributed by atoms with Crippen LogP contribution in [0.5, 0.6) is 5.75 Å². The molecule has 1 aliphatic carbocycles. The Morgan fingerprint density at radius 3 is 2.74 bits per heavy atom. The minimum Gasteiger partial charge on any atom is -0.487 e. The zero-order chi connectivity index (χ0) is 32.5. The van der Waals surface area contributed by atoms with E-state index in [-0.39, 0.29) is 48.9 Å². The van der Waals surface area contributed by atoms with Crippen molar-refractivity contribution in [3.63, 3.8) is 0 Å². The number of hydrogen-bond acceptors (Lipinski definition) is 8. The first-order chi connectivity index (χ1) is 22.1. The van der Waals surface area contributed by atoms with Crippen molar-refractivity contribution in [2.45, 2.75) is 51.3 Å². The van der Waals surface area contributed by atoms with E-state index in [1.54, 1.807) is 19.3 Å². The Bertz CT molecular complexity index is 1800. The number of nitrogen functional groups attached to an aromatic ring is 1. The molecule has 3 aromatic carbocycles. The monoisotopic (exact) mass is 627 g/mol. The van der Waals surface area contributed by atoms with Crippen LogP contribution >= 0.6 is 0 Å². The minimum atomic E-state index is -0.803. The lowest BCUT2D eigenvalue weighted by atomic mass is 9.93. The summed E-state index contributed by atoms with van der Waals surface area (Å²) in [5.74, 6) is -0.671. The van der Waals surface area contributed by atoms with Crippen molar-refractivity contribution in [3.8, 4) is 5.75 Å². The summed E-state index contributed by atoms with van der Waals surface area (Å²) in [7, 11) is 1.63. The number of nitrogens with zero attached hydrogens (tertiary/aromatic N) is 2. The van der Waals surface area contributed by atoms with E-state index in [1.807, 2.05) is 56.3 Å². The highest BCUT2D eigenvalue weighted by Crippen LogP contribution is 2.35. The Morgan fingerprint density at radius 1 is 1.17 bits per heavy atom. The van der Waals surface area contributed by atoms with Gasteiger partial charge in [-0.3, -0.25) is 10.1 Å². The molecule has 10 nitrogen and oxygen atoms in total. The zero-order valence-corrected chi connectivity index (χ0v) is 26.0. The number of amides is 2. The molecule has 3 heterocycles. The number of aliphatic hydroxyl groups excluding tert-OH is 1. The number of benzene rings is 3. The molecule has 2 aliphatic heterocycles. The molecule has 3 atom stereocenters. The van der Waals surface area contributed by atoms with Crippen LogP contribution in [0.25, 0.3) is 10.8 Å². The first kappa shape index (κ1) is 31.1. The molecule has 1 fully saturated rings. The van der Waals surface area contributed by atoms with Crippen LogP contribution in [0.15, 0.2) is 60.8 Å². The zero-order valence-electron chi connectivity index (χ0n) is 26.0. The van der Waals surface area contributed by atoms with Crippen LogP contribution in [0.3, 0.4) is 0 Å². The second-order valence-corrected chi connectivity index (χ2v) is 12.3. The number of aromatic nitrogens is 1. The molecule has 240 valence electrons. The Balaban J connectivity index is 1.38. The van der Waals surface area contributed by atoms with Gasteiger partial charge >= 0.3 is 6.09 Å². The second kappa shape index (κ2) is 12.8. The fraction of sp³-hybridized carbons (Fsp3) is 0.343. The van der Waals surface area contributed by atoms with Crippen molar-refractivity contribution in [2.75, 3.05) is 36.6 Å². The molecule has 1 aromatic heterocycles.